The molecule has 6 nitrogen and oxygen atoms in total. The van der Waals surface area contributed by atoms with Gasteiger partial charge in [0.15, 0.2) is 11.5 Å². The summed E-state index contributed by atoms with van der Waals surface area (Å²) < 4.78 is 0. The van der Waals surface area contributed by atoms with Gasteiger partial charge in [-0.2, -0.15) is 0 Å². The van der Waals surface area contributed by atoms with Crippen LogP contribution in [0.2, 0.25) is 0 Å². The third kappa shape index (κ3) is 3.55. The quantitative estimate of drug-likeness (QED) is 0.437. The minimum absolute atomic E-state index is 0.133. The first-order chi connectivity index (χ1) is 9.54. The molecule has 6 heteroatoms. The molecule has 2 aromatic carbocycles. The number of rotatable bonds is 3. The first-order valence-electron chi connectivity index (χ1n) is 5.89. The Hall–Kier alpha value is -2.89. The van der Waals surface area contributed by atoms with E-state index in [0.29, 0.717) is 5.69 Å². The highest BCUT2D eigenvalue weighted by Crippen LogP contribution is 2.27. The van der Waals surface area contributed by atoms with Gasteiger partial charge in [0.25, 0.3) is 0 Å². The molecule has 0 fully saturated rings. The molecule has 0 saturated heterocycles. The SMILES string of the molecule is O=C(NCc1cccc(O)c1)Nc1ccc(O)c(O)c1. The molecule has 0 bridgehead atoms. The Morgan fingerprint density at radius 1 is 1.00 bits per heavy atom. The number of hydrogen-bond acceptors (Lipinski definition) is 4. The Kier molecular flexibility index (Phi) is 3.95. The zero-order chi connectivity index (χ0) is 14.5. The molecule has 0 saturated carbocycles. The highest BCUT2D eigenvalue weighted by molar-refractivity contribution is 5.89. The predicted molar refractivity (Wildman–Crippen MR) is 73.7 cm³/mol. The highest BCUT2D eigenvalue weighted by atomic mass is 16.3. The van der Waals surface area contributed by atoms with Crippen molar-refractivity contribution in [1.29, 1.82) is 0 Å². The van der Waals surface area contributed by atoms with E-state index < -0.39 is 6.03 Å². The fraction of sp³-hybridized carbons (Fsp3) is 0.0714. The van der Waals surface area contributed by atoms with Crippen LogP contribution in [0, 0.1) is 0 Å². The lowest BCUT2D eigenvalue weighted by Gasteiger charge is -2.08. The van der Waals surface area contributed by atoms with Crippen molar-refractivity contribution in [3.05, 3.63) is 48.0 Å². The Morgan fingerprint density at radius 3 is 2.50 bits per heavy atom. The average Bonchev–Trinajstić information content (AvgIpc) is 2.41. The summed E-state index contributed by atoms with van der Waals surface area (Å²) in [4.78, 5) is 11.6. The van der Waals surface area contributed by atoms with Crippen LogP contribution in [0.5, 0.6) is 17.2 Å². The molecule has 0 aliphatic carbocycles. The fourth-order valence-corrected chi connectivity index (χ4v) is 1.63. The highest BCUT2D eigenvalue weighted by Gasteiger charge is 2.05. The van der Waals surface area contributed by atoms with Crippen molar-refractivity contribution in [1.82, 2.24) is 5.32 Å². The molecule has 20 heavy (non-hydrogen) atoms. The summed E-state index contributed by atoms with van der Waals surface area (Å²) in [5.41, 5.74) is 1.11. The molecule has 0 heterocycles. The summed E-state index contributed by atoms with van der Waals surface area (Å²) >= 11 is 0. The minimum atomic E-state index is -0.460. The molecule has 0 spiro atoms. The molecule has 0 atom stereocenters. The lowest BCUT2D eigenvalue weighted by Crippen LogP contribution is -2.28. The second-order valence-corrected chi connectivity index (χ2v) is 4.18. The van der Waals surface area contributed by atoms with Crippen LogP contribution >= 0.6 is 0 Å². The van der Waals surface area contributed by atoms with Gasteiger partial charge in [-0.05, 0) is 29.8 Å². The van der Waals surface area contributed by atoms with Gasteiger partial charge >= 0.3 is 6.03 Å². The maximum atomic E-state index is 11.6. The van der Waals surface area contributed by atoms with E-state index in [1.54, 1.807) is 24.3 Å². The second-order valence-electron chi connectivity index (χ2n) is 4.18. The van der Waals surface area contributed by atoms with E-state index in [0.717, 1.165) is 5.56 Å². The molecule has 104 valence electrons. The van der Waals surface area contributed by atoms with E-state index in [1.165, 1.54) is 18.2 Å². The van der Waals surface area contributed by atoms with Crippen LogP contribution in [0.25, 0.3) is 0 Å². The van der Waals surface area contributed by atoms with Gasteiger partial charge in [-0.3, -0.25) is 0 Å². The van der Waals surface area contributed by atoms with Crippen molar-refractivity contribution in [3.8, 4) is 17.2 Å². The summed E-state index contributed by atoms with van der Waals surface area (Å²) in [5.74, 6) is -0.431. The van der Waals surface area contributed by atoms with Gasteiger partial charge in [-0.1, -0.05) is 12.1 Å². The van der Waals surface area contributed by atoms with Crippen LogP contribution in [0.3, 0.4) is 0 Å². The van der Waals surface area contributed by atoms with Crippen LogP contribution in [-0.4, -0.2) is 21.4 Å². The number of carbonyl (C=O) groups excluding carboxylic acids is 1. The number of urea groups is 1. The van der Waals surface area contributed by atoms with Crippen LogP contribution in [0.15, 0.2) is 42.5 Å². The second kappa shape index (κ2) is 5.83. The van der Waals surface area contributed by atoms with Crippen LogP contribution in [0.4, 0.5) is 10.5 Å². The molecule has 2 aromatic rings. The normalized spacial score (nSPS) is 10.0. The summed E-state index contributed by atoms with van der Waals surface area (Å²) in [5, 5.41) is 32.9. The van der Waals surface area contributed by atoms with E-state index in [4.69, 9.17) is 5.11 Å². The number of nitrogens with one attached hydrogen (secondary N) is 2. The minimum Gasteiger partial charge on any atom is -0.508 e. The third-order valence-corrected chi connectivity index (χ3v) is 2.60. The molecule has 0 aliphatic heterocycles. The standard InChI is InChI=1S/C14H14N2O4/c17-11-3-1-2-9(6-11)8-15-14(20)16-10-4-5-12(18)13(19)7-10/h1-7,17-19H,8H2,(H2,15,16,20). The smallest absolute Gasteiger partial charge is 0.319 e. The number of aromatic hydroxyl groups is 3. The average molecular weight is 274 g/mol. The van der Waals surface area contributed by atoms with Gasteiger partial charge in [0, 0.05) is 18.3 Å². The maximum Gasteiger partial charge on any atom is 0.319 e. The largest absolute Gasteiger partial charge is 0.508 e. The van der Waals surface area contributed by atoms with E-state index in [-0.39, 0.29) is 23.8 Å². The molecule has 2 amide bonds. The molecule has 0 aliphatic rings. The van der Waals surface area contributed by atoms with E-state index in [2.05, 4.69) is 10.6 Å². The molecule has 0 unspecified atom stereocenters. The Labute approximate surface area is 115 Å². The van der Waals surface area contributed by atoms with Gasteiger partial charge in [-0.15, -0.1) is 0 Å². The summed E-state index contributed by atoms with van der Waals surface area (Å²) in [6, 6.07) is 10.1. The van der Waals surface area contributed by atoms with Crippen molar-refractivity contribution in [2.24, 2.45) is 0 Å². The van der Waals surface area contributed by atoms with Gasteiger partial charge in [0.2, 0.25) is 0 Å². The van der Waals surface area contributed by atoms with Gasteiger partial charge in [0.05, 0.1) is 0 Å². The number of benzene rings is 2. The number of phenolic OH excluding ortho intramolecular Hbond substituents is 3. The number of carbonyl (C=O) groups is 1. The zero-order valence-corrected chi connectivity index (χ0v) is 10.5. The van der Waals surface area contributed by atoms with Gasteiger partial charge in [0.1, 0.15) is 5.75 Å². The number of phenols is 3. The monoisotopic (exact) mass is 274 g/mol. The van der Waals surface area contributed by atoms with Crippen LogP contribution in [-0.2, 0) is 6.54 Å². The van der Waals surface area contributed by atoms with Crippen molar-refractivity contribution in [3.63, 3.8) is 0 Å². The molecular formula is C14H14N2O4. The number of hydrogen-bond donors (Lipinski definition) is 5. The van der Waals surface area contributed by atoms with E-state index >= 15 is 0 Å². The summed E-state index contributed by atoms with van der Waals surface area (Å²) in [7, 11) is 0. The Bertz CT molecular complexity index is 628. The third-order valence-electron chi connectivity index (χ3n) is 2.60. The van der Waals surface area contributed by atoms with Crippen molar-refractivity contribution < 1.29 is 20.1 Å². The number of amides is 2. The van der Waals surface area contributed by atoms with E-state index in [9.17, 15) is 15.0 Å². The van der Waals surface area contributed by atoms with Crippen molar-refractivity contribution in [2.45, 2.75) is 6.54 Å². The van der Waals surface area contributed by atoms with Crippen LogP contribution in [0.1, 0.15) is 5.56 Å². The lowest BCUT2D eigenvalue weighted by atomic mass is 10.2. The van der Waals surface area contributed by atoms with E-state index in [1.807, 2.05) is 0 Å². The summed E-state index contributed by atoms with van der Waals surface area (Å²) in [6.07, 6.45) is 0. The maximum absolute atomic E-state index is 11.6. The van der Waals surface area contributed by atoms with Crippen molar-refractivity contribution >= 4 is 11.7 Å². The molecule has 2 rings (SSSR count). The Balaban J connectivity index is 1.91. The molecule has 5 N–H and O–H groups in total. The molecule has 0 radical (unpaired) electrons. The Morgan fingerprint density at radius 2 is 1.80 bits per heavy atom. The molecule has 0 aromatic heterocycles. The summed E-state index contributed by atoms with van der Waals surface area (Å²) in [6.45, 7) is 0.254. The number of anilines is 1. The topological polar surface area (TPSA) is 102 Å². The van der Waals surface area contributed by atoms with Crippen LogP contribution < -0.4 is 10.6 Å². The molecular weight excluding hydrogens is 260 g/mol. The zero-order valence-electron chi connectivity index (χ0n) is 10.5. The van der Waals surface area contributed by atoms with Gasteiger partial charge < -0.3 is 26.0 Å². The van der Waals surface area contributed by atoms with Gasteiger partial charge in [-0.25, -0.2) is 4.79 Å². The fourth-order valence-electron chi connectivity index (χ4n) is 1.63. The first kappa shape index (κ1) is 13.5. The van der Waals surface area contributed by atoms with Crippen molar-refractivity contribution in [2.75, 3.05) is 5.32 Å². The predicted octanol–water partition coefficient (Wildman–Crippen LogP) is 2.13. The lowest BCUT2D eigenvalue weighted by molar-refractivity contribution is 0.251. The first-order valence-corrected chi connectivity index (χ1v) is 5.89.